The van der Waals surface area contributed by atoms with E-state index in [1.807, 2.05) is 30.3 Å². The van der Waals surface area contributed by atoms with Crippen LogP contribution in [0.2, 0.25) is 0 Å². The lowest BCUT2D eigenvalue weighted by atomic mass is 10.1. The third-order valence-corrected chi connectivity index (χ3v) is 3.24. The van der Waals surface area contributed by atoms with E-state index in [0.29, 0.717) is 11.7 Å². The first kappa shape index (κ1) is 15.0. The van der Waals surface area contributed by atoms with E-state index in [1.165, 1.54) is 6.33 Å². The Labute approximate surface area is 133 Å². The highest BCUT2D eigenvalue weighted by Gasteiger charge is 2.08. The Kier molecular flexibility index (Phi) is 4.46. The first-order valence-corrected chi connectivity index (χ1v) is 7.25. The number of nitrogens with zero attached hydrogens (tertiary/aromatic N) is 4. The number of hydrogen-bond acceptors (Lipinski definition) is 7. The normalized spacial score (nSPS) is 11.9. The Bertz CT molecular complexity index is 760. The minimum atomic E-state index is 0.0841. The zero-order valence-electron chi connectivity index (χ0n) is 12.9. The van der Waals surface area contributed by atoms with Crippen LogP contribution in [-0.4, -0.2) is 20.1 Å². The van der Waals surface area contributed by atoms with Gasteiger partial charge >= 0.3 is 0 Å². The number of nitrogens with one attached hydrogen (secondary N) is 1. The van der Waals surface area contributed by atoms with Crippen LogP contribution in [0.4, 0.5) is 5.82 Å². The van der Waals surface area contributed by atoms with Gasteiger partial charge in [-0.2, -0.15) is 4.98 Å². The number of aromatic nitrogens is 4. The average Bonchev–Trinajstić information content (AvgIpc) is 3.00. The van der Waals surface area contributed by atoms with E-state index in [-0.39, 0.29) is 12.6 Å². The van der Waals surface area contributed by atoms with Crippen molar-refractivity contribution in [2.75, 3.05) is 5.32 Å². The summed E-state index contributed by atoms with van der Waals surface area (Å²) in [5, 5.41) is 7.12. The van der Waals surface area contributed by atoms with Gasteiger partial charge in [0.15, 0.2) is 6.61 Å². The van der Waals surface area contributed by atoms with Crippen molar-refractivity contribution >= 4 is 5.82 Å². The second-order valence-corrected chi connectivity index (χ2v) is 5.05. The fourth-order valence-electron chi connectivity index (χ4n) is 2.10. The van der Waals surface area contributed by atoms with E-state index in [9.17, 15) is 0 Å². The zero-order valence-corrected chi connectivity index (χ0v) is 12.9. The first-order valence-electron chi connectivity index (χ1n) is 7.25. The standard InChI is InChI=1S/C16H17N5O2/c1-11(19-15-6-7-17-10-18-15)13-4-3-5-14(8-13)22-9-16-20-12(2)23-21-16/h3-8,10-11H,9H2,1-2H3,(H,17,18,19). The Morgan fingerprint density at radius 1 is 1.30 bits per heavy atom. The molecule has 2 aromatic heterocycles. The average molecular weight is 311 g/mol. The summed E-state index contributed by atoms with van der Waals surface area (Å²) in [7, 11) is 0. The van der Waals surface area contributed by atoms with Crippen LogP contribution < -0.4 is 10.1 Å². The molecule has 1 aromatic carbocycles. The monoisotopic (exact) mass is 311 g/mol. The molecule has 0 aliphatic rings. The molecule has 0 saturated carbocycles. The van der Waals surface area contributed by atoms with E-state index >= 15 is 0 Å². The van der Waals surface area contributed by atoms with Crippen molar-refractivity contribution < 1.29 is 9.26 Å². The van der Waals surface area contributed by atoms with E-state index in [1.54, 1.807) is 13.1 Å². The smallest absolute Gasteiger partial charge is 0.223 e. The maximum absolute atomic E-state index is 5.71. The van der Waals surface area contributed by atoms with Crippen LogP contribution in [0.15, 0.2) is 47.4 Å². The molecule has 1 unspecified atom stereocenters. The van der Waals surface area contributed by atoms with Crippen LogP contribution in [0.25, 0.3) is 0 Å². The van der Waals surface area contributed by atoms with Crippen LogP contribution in [0.3, 0.4) is 0 Å². The van der Waals surface area contributed by atoms with Gasteiger partial charge in [-0.05, 0) is 30.7 Å². The molecular formula is C16H17N5O2. The maximum Gasteiger partial charge on any atom is 0.223 e. The minimum absolute atomic E-state index is 0.0841. The van der Waals surface area contributed by atoms with Gasteiger partial charge in [-0.25, -0.2) is 9.97 Å². The van der Waals surface area contributed by atoms with Crippen molar-refractivity contribution in [3.8, 4) is 5.75 Å². The minimum Gasteiger partial charge on any atom is -0.485 e. The number of aryl methyl sites for hydroxylation is 1. The van der Waals surface area contributed by atoms with Crippen molar-refractivity contribution in [2.45, 2.75) is 26.5 Å². The van der Waals surface area contributed by atoms with Crippen molar-refractivity contribution in [1.82, 2.24) is 20.1 Å². The van der Waals surface area contributed by atoms with Crippen molar-refractivity contribution in [2.24, 2.45) is 0 Å². The van der Waals surface area contributed by atoms with Crippen LogP contribution in [0, 0.1) is 6.92 Å². The second kappa shape index (κ2) is 6.87. The quantitative estimate of drug-likeness (QED) is 0.749. The predicted octanol–water partition coefficient (Wildman–Crippen LogP) is 2.92. The third-order valence-electron chi connectivity index (χ3n) is 3.24. The Morgan fingerprint density at radius 2 is 2.22 bits per heavy atom. The van der Waals surface area contributed by atoms with Crippen molar-refractivity contribution in [3.63, 3.8) is 0 Å². The number of hydrogen-bond donors (Lipinski definition) is 1. The van der Waals surface area contributed by atoms with Crippen molar-refractivity contribution in [3.05, 3.63) is 60.1 Å². The van der Waals surface area contributed by atoms with Gasteiger partial charge < -0.3 is 14.6 Å². The molecule has 0 aliphatic carbocycles. The zero-order chi connectivity index (χ0) is 16.1. The van der Waals surface area contributed by atoms with Crippen molar-refractivity contribution in [1.29, 1.82) is 0 Å². The molecule has 0 spiro atoms. The molecule has 7 heteroatoms. The summed E-state index contributed by atoms with van der Waals surface area (Å²) in [6.45, 7) is 4.08. The summed E-state index contributed by atoms with van der Waals surface area (Å²) in [6, 6.07) is 9.77. The molecule has 1 N–H and O–H groups in total. The lowest BCUT2D eigenvalue weighted by Crippen LogP contribution is -2.08. The summed E-state index contributed by atoms with van der Waals surface area (Å²) >= 11 is 0. The molecule has 23 heavy (non-hydrogen) atoms. The number of anilines is 1. The molecule has 3 rings (SSSR count). The molecule has 0 radical (unpaired) electrons. The molecule has 2 heterocycles. The molecule has 0 fully saturated rings. The molecule has 0 bridgehead atoms. The topological polar surface area (TPSA) is 86.0 Å². The van der Waals surface area contributed by atoms with E-state index in [4.69, 9.17) is 9.26 Å². The van der Waals surface area contributed by atoms with E-state index in [0.717, 1.165) is 17.1 Å². The first-order chi connectivity index (χ1) is 11.2. The third kappa shape index (κ3) is 4.03. The predicted molar refractivity (Wildman–Crippen MR) is 83.9 cm³/mol. The van der Waals surface area contributed by atoms with Crippen LogP contribution >= 0.6 is 0 Å². The molecule has 0 amide bonds. The molecule has 0 aliphatic heterocycles. The highest BCUT2D eigenvalue weighted by atomic mass is 16.5. The van der Waals surface area contributed by atoms with Gasteiger partial charge in [0, 0.05) is 13.1 Å². The lowest BCUT2D eigenvalue weighted by Gasteiger charge is -2.15. The highest BCUT2D eigenvalue weighted by Crippen LogP contribution is 2.22. The lowest BCUT2D eigenvalue weighted by molar-refractivity contribution is 0.285. The van der Waals surface area contributed by atoms with Gasteiger partial charge in [0.05, 0.1) is 6.04 Å². The molecule has 3 aromatic rings. The van der Waals surface area contributed by atoms with Gasteiger partial charge in [0.1, 0.15) is 17.9 Å². The van der Waals surface area contributed by atoms with Gasteiger partial charge in [-0.3, -0.25) is 0 Å². The highest BCUT2D eigenvalue weighted by molar-refractivity contribution is 5.38. The fraction of sp³-hybridized carbons (Fsp3) is 0.250. The fourth-order valence-corrected chi connectivity index (χ4v) is 2.10. The molecular weight excluding hydrogens is 294 g/mol. The summed E-state index contributed by atoms with van der Waals surface area (Å²) in [6.07, 6.45) is 3.22. The molecule has 1 atom stereocenters. The Hall–Kier alpha value is -2.96. The summed E-state index contributed by atoms with van der Waals surface area (Å²) < 4.78 is 10.6. The van der Waals surface area contributed by atoms with Gasteiger partial charge in [0.25, 0.3) is 0 Å². The number of benzene rings is 1. The molecule has 0 saturated heterocycles. The number of rotatable bonds is 6. The maximum atomic E-state index is 5.71. The summed E-state index contributed by atoms with van der Waals surface area (Å²) in [5.74, 6) is 2.59. The Balaban J connectivity index is 1.64. The second-order valence-electron chi connectivity index (χ2n) is 5.05. The van der Waals surface area contributed by atoms with Crippen LogP contribution in [-0.2, 0) is 6.61 Å². The summed E-state index contributed by atoms with van der Waals surface area (Å²) in [4.78, 5) is 12.2. The molecule has 7 nitrogen and oxygen atoms in total. The van der Waals surface area contributed by atoms with Gasteiger partial charge in [-0.1, -0.05) is 17.3 Å². The Morgan fingerprint density at radius 3 is 2.96 bits per heavy atom. The van der Waals surface area contributed by atoms with Gasteiger partial charge in [0.2, 0.25) is 11.7 Å². The largest absolute Gasteiger partial charge is 0.485 e. The van der Waals surface area contributed by atoms with E-state index in [2.05, 4.69) is 32.3 Å². The summed E-state index contributed by atoms with van der Waals surface area (Å²) in [5.41, 5.74) is 1.09. The van der Waals surface area contributed by atoms with Crippen LogP contribution in [0.5, 0.6) is 5.75 Å². The van der Waals surface area contributed by atoms with Gasteiger partial charge in [-0.15, -0.1) is 0 Å². The SMILES string of the molecule is Cc1nc(COc2cccc(C(C)Nc3ccncn3)c2)no1. The van der Waals surface area contributed by atoms with E-state index < -0.39 is 0 Å². The number of ether oxygens (including phenoxy) is 1. The van der Waals surface area contributed by atoms with Crippen LogP contribution in [0.1, 0.15) is 30.2 Å². The molecule has 118 valence electrons.